The second kappa shape index (κ2) is 5.95. The minimum atomic E-state index is 0.480. The predicted molar refractivity (Wildman–Crippen MR) is 86.3 cm³/mol. The molecule has 0 aliphatic carbocycles. The van der Waals surface area contributed by atoms with E-state index in [2.05, 4.69) is 33.1 Å². The summed E-state index contributed by atoms with van der Waals surface area (Å²) in [4.78, 5) is 11.6. The standard InChI is InChI=1S/C18H21N3O/c1-2-6-17-15(5-1)11-14(13-22-17)12-16-18(20-8-7-19-16)21-9-3-4-10-21/h1-2,5-8,14H,3-4,9-13H2. The average molecular weight is 295 g/mol. The fraction of sp³-hybridized carbons (Fsp3) is 0.444. The van der Waals surface area contributed by atoms with Gasteiger partial charge in [-0.3, -0.25) is 4.98 Å². The molecule has 4 nitrogen and oxygen atoms in total. The van der Waals surface area contributed by atoms with Crippen LogP contribution in [0.15, 0.2) is 36.7 Å². The van der Waals surface area contributed by atoms with Gasteiger partial charge in [-0.15, -0.1) is 0 Å². The van der Waals surface area contributed by atoms with Crippen LogP contribution in [0.5, 0.6) is 5.75 Å². The molecule has 4 heteroatoms. The Labute approximate surface area is 131 Å². The smallest absolute Gasteiger partial charge is 0.150 e. The van der Waals surface area contributed by atoms with E-state index in [4.69, 9.17) is 4.74 Å². The van der Waals surface area contributed by atoms with Gasteiger partial charge in [0.2, 0.25) is 0 Å². The van der Waals surface area contributed by atoms with Crippen LogP contribution in [0.3, 0.4) is 0 Å². The number of fused-ring (bicyclic) bond motifs is 1. The molecule has 2 aliphatic rings. The third kappa shape index (κ3) is 2.65. The van der Waals surface area contributed by atoms with Gasteiger partial charge in [-0.05, 0) is 37.3 Å². The van der Waals surface area contributed by atoms with Crippen LogP contribution in [0, 0.1) is 5.92 Å². The molecule has 3 heterocycles. The monoisotopic (exact) mass is 295 g/mol. The SMILES string of the molecule is c1ccc2c(c1)CC(Cc1nccnc1N1CCCC1)CO2. The summed E-state index contributed by atoms with van der Waals surface area (Å²) in [5.74, 6) is 2.60. The molecule has 1 saturated heterocycles. The maximum Gasteiger partial charge on any atom is 0.150 e. The second-order valence-corrected chi connectivity index (χ2v) is 6.21. The highest BCUT2D eigenvalue weighted by Gasteiger charge is 2.24. The van der Waals surface area contributed by atoms with Crippen LogP contribution in [0.1, 0.15) is 24.1 Å². The molecule has 2 aliphatic heterocycles. The molecule has 1 atom stereocenters. The van der Waals surface area contributed by atoms with E-state index in [9.17, 15) is 0 Å². The molecule has 0 amide bonds. The Kier molecular flexibility index (Phi) is 3.67. The van der Waals surface area contributed by atoms with Crippen molar-refractivity contribution >= 4 is 5.82 Å². The van der Waals surface area contributed by atoms with Crippen molar-refractivity contribution in [2.75, 3.05) is 24.6 Å². The van der Waals surface area contributed by atoms with Crippen molar-refractivity contribution in [3.63, 3.8) is 0 Å². The first-order valence-corrected chi connectivity index (χ1v) is 8.16. The molecule has 1 aromatic carbocycles. The van der Waals surface area contributed by atoms with Crippen LogP contribution in [-0.4, -0.2) is 29.7 Å². The van der Waals surface area contributed by atoms with Crippen molar-refractivity contribution in [2.24, 2.45) is 5.92 Å². The number of nitrogens with zero attached hydrogens (tertiary/aromatic N) is 3. The molecular formula is C18H21N3O. The Morgan fingerprint density at radius 1 is 1.09 bits per heavy atom. The van der Waals surface area contributed by atoms with Gasteiger partial charge < -0.3 is 9.64 Å². The molecule has 4 rings (SSSR count). The number of hydrogen-bond donors (Lipinski definition) is 0. The quantitative estimate of drug-likeness (QED) is 0.873. The first kappa shape index (κ1) is 13.6. The third-order valence-corrected chi connectivity index (χ3v) is 4.60. The fourth-order valence-electron chi connectivity index (χ4n) is 3.49. The molecule has 22 heavy (non-hydrogen) atoms. The maximum atomic E-state index is 5.91. The highest BCUT2D eigenvalue weighted by Crippen LogP contribution is 2.30. The summed E-state index contributed by atoms with van der Waals surface area (Å²) < 4.78 is 5.91. The van der Waals surface area contributed by atoms with E-state index in [0.717, 1.165) is 49.8 Å². The Morgan fingerprint density at radius 3 is 2.82 bits per heavy atom. The Balaban J connectivity index is 1.52. The number of aromatic nitrogens is 2. The Bertz CT molecular complexity index is 652. The van der Waals surface area contributed by atoms with E-state index < -0.39 is 0 Å². The lowest BCUT2D eigenvalue weighted by atomic mass is 9.92. The molecule has 0 radical (unpaired) electrons. The molecule has 2 aromatic rings. The van der Waals surface area contributed by atoms with Crippen molar-refractivity contribution in [1.29, 1.82) is 0 Å². The third-order valence-electron chi connectivity index (χ3n) is 4.60. The van der Waals surface area contributed by atoms with Crippen LogP contribution in [0.4, 0.5) is 5.82 Å². The summed E-state index contributed by atoms with van der Waals surface area (Å²) >= 11 is 0. The van der Waals surface area contributed by atoms with Gasteiger partial charge in [-0.2, -0.15) is 0 Å². The second-order valence-electron chi connectivity index (χ2n) is 6.21. The van der Waals surface area contributed by atoms with E-state index in [1.807, 2.05) is 18.5 Å². The molecule has 0 saturated carbocycles. The molecule has 1 unspecified atom stereocenters. The molecule has 0 spiro atoms. The van der Waals surface area contributed by atoms with Crippen LogP contribution in [0.25, 0.3) is 0 Å². The van der Waals surface area contributed by atoms with Crippen LogP contribution >= 0.6 is 0 Å². The number of para-hydroxylation sites is 1. The van der Waals surface area contributed by atoms with Gasteiger partial charge in [-0.1, -0.05) is 18.2 Å². The lowest BCUT2D eigenvalue weighted by Crippen LogP contribution is -2.26. The first-order valence-electron chi connectivity index (χ1n) is 8.16. The summed E-state index contributed by atoms with van der Waals surface area (Å²) in [7, 11) is 0. The summed E-state index contributed by atoms with van der Waals surface area (Å²) in [6.45, 7) is 2.98. The van der Waals surface area contributed by atoms with Gasteiger partial charge in [0.05, 0.1) is 12.3 Å². The number of hydrogen-bond acceptors (Lipinski definition) is 4. The molecule has 1 fully saturated rings. The van der Waals surface area contributed by atoms with Gasteiger partial charge >= 0.3 is 0 Å². The zero-order valence-corrected chi connectivity index (χ0v) is 12.7. The average Bonchev–Trinajstić information content (AvgIpc) is 3.10. The Hall–Kier alpha value is -2.10. The van der Waals surface area contributed by atoms with E-state index in [1.54, 1.807) is 0 Å². The van der Waals surface area contributed by atoms with Gasteiger partial charge in [0.15, 0.2) is 0 Å². The topological polar surface area (TPSA) is 38.2 Å². The Morgan fingerprint density at radius 2 is 1.91 bits per heavy atom. The number of anilines is 1. The van der Waals surface area contributed by atoms with Crippen molar-refractivity contribution in [2.45, 2.75) is 25.7 Å². The fourth-order valence-corrected chi connectivity index (χ4v) is 3.49. The van der Waals surface area contributed by atoms with Crippen LogP contribution in [0.2, 0.25) is 0 Å². The maximum absolute atomic E-state index is 5.91. The highest BCUT2D eigenvalue weighted by molar-refractivity contribution is 5.44. The summed E-state index contributed by atoms with van der Waals surface area (Å²) in [6, 6.07) is 8.35. The van der Waals surface area contributed by atoms with Crippen molar-refractivity contribution in [3.05, 3.63) is 47.9 Å². The molecule has 0 N–H and O–H groups in total. The largest absolute Gasteiger partial charge is 0.493 e. The van der Waals surface area contributed by atoms with Crippen LogP contribution < -0.4 is 9.64 Å². The number of benzene rings is 1. The van der Waals surface area contributed by atoms with Gasteiger partial charge in [-0.25, -0.2) is 4.98 Å². The molecule has 1 aromatic heterocycles. The van der Waals surface area contributed by atoms with Crippen molar-refractivity contribution in [3.8, 4) is 5.75 Å². The normalized spacial score (nSPS) is 20.5. The van der Waals surface area contributed by atoms with Crippen molar-refractivity contribution in [1.82, 2.24) is 9.97 Å². The van der Waals surface area contributed by atoms with E-state index in [-0.39, 0.29) is 0 Å². The highest BCUT2D eigenvalue weighted by atomic mass is 16.5. The van der Waals surface area contributed by atoms with E-state index >= 15 is 0 Å². The van der Waals surface area contributed by atoms with Crippen molar-refractivity contribution < 1.29 is 4.74 Å². The van der Waals surface area contributed by atoms with Gasteiger partial charge in [0, 0.05) is 31.4 Å². The number of rotatable bonds is 3. The van der Waals surface area contributed by atoms with Crippen LogP contribution in [-0.2, 0) is 12.8 Å². The molecule has 0 bridgehead atoms. The predicted octanol–water partition coefficient (Wildman–Crippen LogP) is 2.87. The van der Waals surface area contributed by atoms with E-state index in [0.29, 0.717) is 5.92 Å². The first-order chi connectivity index (χ1) is 10.9. The summed E-state index contributed by atoms with van der Waals surface area (Å²) in [5.41, 5.74) is 2.43. The van der Waals surface area contributed by atoms with E-state index in [1.165, 1.54) is 18.4 Å². The lowest BCUT2D eigenvalue weighted by molar-refractivity contribution is 0.220. The zero-order valence-electron chi connectivity index (χ0n) is 12.7. The minimum Gasteiger partial charge on any atom is -0.493 e. The van der Waals surface area contributed by atoms with Gasteiger partial charge in [0.25, 0.3) is 0 Å². The summed E-state index contributed by atoms with van der Waals surface area (Å²) in [5, 5.41) is 0. The minimum absolute atomic E-state index is 0.480. The molecule has 114 valence electrons. The zero-order chi connectivity index (χ0) is 14.8. The molecular weight excluding hydrogens is 274 g/mol. The number of ether oxygens (including phenoxy) is 1. The van der Waals surface area contributed by atoms with Gasteiger partial charge in [0.1, 0.15) is 11.6 Å². The summed E-state index contributed by atoms with van der Waals surface area (Å²) in [6.07, 6.45) is 8.14. The lowest BCUT2D eigenvalue weighted by Gasteiger charge is -2.26.